The zero-order chi connectivity index (χ0) is 21.1. The van der Waals surface area contributed by atoms with Crippen molar-refractivity contribution in [2.75, 3.05) is 17.2 Å². The van der Waals surface area contributed by atoms with Crippen LogP contribution in [0.4, 0.5) is 11.8 Å². The second-order valence-corrected chi connectivity index (χ2v) is 6.95. The number of aromatic hydroxyl groups is 1. The highest BCUT2D eigenvalue weighted by Crippen LogP contribution is 2.36. The average Bonchev–Trinajstić information content (AvgIpc) is 3.15. The largest absolute Gasteiger partial charge is 0.508 e. The lowest BCUT2D eigenvalue weighted by atomic mass is 9.95. The molecule has 30 heavy (non-hydrogen) atoms. The quantitative estimate of drug-likeness (QED) is 0.495. The number of aryl methyl sites for hydroxylation is 1. The Bertz CT molecular complexity index is 1080. The van der Waals surface area contributed by atoms with E-state index in [0.717, 1.165) is 5.56 Å². The summed E-state index contributed by atoms with van der Waals surface area (Å²) >= 11 is 0. The Morgan fingerprint density at radius 3 is 2.73 bits per heavy atom. The lowest BCUT2D eigenvalue weighted by Gasteiger charge is -2.28. The van der Waals surface area contributed by atoms with E-state index in [1.54, 1.807) is 53.3 Å². The van der Waals surface area contributed by atoms with Crippen molar-refractivity contribution in [3.8, 4) is 5.75 Å². The van der Waals surface area contributed by atoms with Gasteiger partial charge in [0.05, 0.1) is 5.57 Å². The van der Waals surface area contributed by atoms with Crippen LogP contribution in [-0.2, 0) is 11.2 Å². The number of nitrogens with zero attached hydrogens (tertiary/aromatic N) is 4. The minimum Gasteiger partial charge on any atom is -0.508 e. The maximum atomic E-state index is 13.2. The summed E-state index contributed by atoms with van der Waals surface area (Å²) in [5.41, 5.74) is 1.90. The van der Waals surface area contributed by atoms with Crippen molar-refractivity contribution < 1.29 is 15.0 Å². The van der Waals surface area contributed by atoms with Crippen molar-refractivity contribution in [1.29, 1.82) is 0 Å². The molecule has 9 nitrogen and oxygen atoms in total. The van der Waals surface area contributed by atoms with Gasteiger partial charge in [-0.05, 0) is 43.2 Å². The van der Waals surface area contributed by atoms with E-state index in [-0.39, 0.29) is 18.3 Å². The van der Waals surface area contributed by atoms with Crippen molar-refractivity contribution >= 4 is 17.7 Å². The first-order chi connectivity index (χ1) is 14.6. The molecule has 1 aliphatic heterocycles. The molecule has 0 saturated carbocycles. The Balaban J connectivity index is 1.75. The molecule has 4 N–H and O–H groups in total. The summed E-state index contributed by atoms with van der Waals surface area (Å²) in [5, 5.41) is 29.4. The van der Waals surface area contributed by atoms with Crippen LogP contribution < -0.4 is 10.6 Å². The summed E-state index contributed by atoms with van der Waals surface area (Å²) in [4.78, 5) is 21.9. The first-order valence-corrected chi connectivity index (χ1v) is 9.62. The molecule has 3 aromatic rings. The minimum absolute atomic E-state index is 0.0493. The van der Waals surface area contributed by atoms with E-state index in [0.29, 0.717) is 41.7 Å². The van der Waals surface area contributed by atoms with E-state index in [1.807, 2.05) is 6.92 Å². The first kappa shape index (κ1) is 19.6. The van der Waals surface area contributed by atoms with Crippen LogP contribution in [0.5, 0.6) is 5.75 Å². The van der Waals surface area contributed by atoms with Crippen LogP contribution in [-0.4, -0.2) is 42.5 Å². The van der Waals surface area contributed by atoms with E-state index in [2.05, 4.69) is 25.7 Å². The number of aromatic nitrogens is 4. The van der Waals surface area contributed by atoms with Crippen molar-refractivity contribution in [3.63, 3.8) is 0 Å². The number of phenolic OH excluding ortho intramolecular Hbond substituents is 1. The number of phenols is 1. The maximum absolute atomic E-state index is 13.2. The van der Waals surface area contributed by atoms with Gasteiger partial charge in [0.2, 0.25) is 5.95 Å². The zero-order valence-corrected chi connectivity index (χ0v) is 16.4. The predicted octanol–water partition coefficient (Wildman–Crippen LogP) is 2.23. The maximum Gasteiger partial charge on any atom is 0.257 e. The molecule has 0 aliphatic carbocycles. The first-order valence-electron chi connectivity index (χ1n) is 9.62. The molecule has 154 valence electrons. The standard InChI is InChI=1S/C21H22N6O3/c1-13-18(20(30)24-16-5-2-3-11-22-16)19(14-7-9-15(29)10-8-14)27-21(23-13)25-17(26-27)6-4-12-28/h2-3,5,7-11,19,28-29H,4,6,12H2,1H3,(H,22,24,30)(H,23,25,26). The van der Waals surface area contributed by atoms with Gasteiger partial charge in [0.15, 0.2) is 5.82 Å². The van der Waals surface area contributed by atoms with Crippen LogP contribution in [0.1, 0.15) is 30.8 Å². The van der Waals surface area contributed by atoms with Gasteiger partial charge in [0.25, 0.3) is 5.91 Å². The fourth-order valence-corrected chi connectivity index (χ4v) is 3.42. The second-order valence-electron chi connectivity index (χ2n) is 6.95. The average molecular weight is 406 g/mol. The summed E-state index contributed by atoms with van der Waals surface area (Å²) in [7, 11) is 0. The van der Waals surface area contributed by atoms with E-state index >= 15 is 0 Å². The van der Waals surface area contributed by atoms with Crippen molar-refractivity contribution in [3.05, 3.63) is 71.3 Å². The molecule has 0 radical (unpaired) electrons. The third-order valence-corrected chi connectivity index (χ3v) is 4.81. The molecule has 1 aliphatic rings. The van der Waals surface area contributed by atoms with Crippen LogP contribution in [0, 0.1) is 0 Å². The minimum atomic E-state index is -0.541. The Morgan fingerprint density at radius 1 is 1.23 bits per heavy atom. The molecule has 0 spiro atoms. The van der Waals surface area contributed by atoms with Crippen molar-refractivity contribution in [1.82, 2.24) is 19.7 Å². The third-order valence-electron chi connectivity index (χ3n) is 4.81. The summed E-state index contributed by atoms with van der Waals surface area (Å²) in [6.45, 7) is 1.86. The highest BCUT2D eigenvalue weighted by molar-refractivity contribution is 6.05. The molecule has 0 bridgehead atoms. The number of nitrogens with one attached hydrogen (secondary N) is 2. The van der Waals surface area contributed by atoms with Crippen molar-refractivity contribution in [2.45, 2.75) is 25.8 Å². The van der Waals surface area contributed by atoms with E-state index in [9.17, 15) is 9.90 Å². The number of carbonyl (C=O) groups is 1. The second kappa shape index (κ2) is 8.34. The number of pyridine rings is 1. The number of benzene rings is 1. The number of hydrogen-bond acceptors (Lipinski definition) is 7. The van der Waals surface area contributed by atoms with Gasteiger partial charge in [0.1, 0.15) is 17.6 Å². The number of amides is 1. The fourth-order valence-electron chi connectivity index (χ4n) is 3.42. The monoisotopic (exact) mass is 406 g/mol. The Kier molecular flexibility index (Phi) is 5.44. The fraction of sp³-hybridized carbons (Fsp3) is 0.238. The Morgan fingerprint density at radius 2 is 2.03 bits per heavy atom. The molecule has 9 heteroatoms. The molecule has 0 fully saturated rings. The molecule has 0 saturated heterocycles. The summed E-state index contributed by atoms with van der Waals surface area (Å²) in [6, 6.07) is 11.4. The lowest BCUT2D eigenvalue weighted by molar-refractivity contribution is -0.113. The number of anilines is 2. The summed E-state index contributed by atoms with van der Waals surface area (Å²) in [5.74, 6) is 1.37. The number of allylic oxidation sites excluding steroid dienone is 1. The van der Waals surface area contributed by atoms with Gasteiger partial charge in [-0.15, -0.1) is 0 Å². The van der Waals surface area contributed by atoms with Crippen molar-refractivity contribution in [2.24, 2.45) is 0 Å². The molecular weight excluding hydrogens is 384 g/mol. The molecule has 1 atom stereocenters. The van der Waals surface area contributed by atoms with Gasteiger partial charge in [-0.3, -0.25) is 4.79 Å². The highest BCUT2D eigenvalue weighted by Gasteiger charge is 2.34. The van der Waals surface area contributed by atoms with Gasteiger partial charge in [-0.2, -0.15) is 10.1 Å². The molecule has 4 rings (SSSR count). The zero-order valence-electron chi connectivity index (χ0n) is 16.4. The van der Waals surface area contributed by atoms with Crippen LogP contribution in [0.25, 0.3) is 0 Å². The molecule has 3 heterocycles. The van der Waals surface area contributed by atoms with Gasteiger partial charge in [-0.1, -0.05) is 18.2 Å². The number of aliphatic hydroxyl groups is 1. The summed E-state index contributed by atoms with van der Waals surface area (Å²) < 4.78 is 1.67. The number of aliphatic hydroxyl groups excluding tert-OH is 1. The van der Waals surface area contributed by atoms with E-state index < -0.39 is 6.04 Å². The SMILES string of the molecule is CC1=C(C(=O)Nc2ccccn2)C(c2ccc(O)cc2)n2nc(CCCO)nc2N1. The number of rotatable bonds is 6. The smallest absolute Gasteiger partial charge is 0.257 e. The highest BCUT2D eigenvalue weighted by atomic mass is 16.3. The van der Waals surface area contributed by atoms with Crippen LogP contribution >= 0.6 is 0 Å². The van der Waals surface area contributed by atoms with Crippen LogP contribution in [0.2, 0.25) is 0 Å². The topological polar surface area (TPSA) is 125 Å². The number of fused-ring (bicyclic) bond motifs is 1. The predicted molar refractivity (Wildman–Crippen MR) is 111 cm³/mol. The molecule has 2 aromatic heterocycles. The van der Waals surface area contributed by atoms with Gasteiger partial charge < -0.3 is 20.8 Å². The normalized spacial score (nSPS) is 15.5. The Hall–Kier alpha value is -3.72. The molecule has 1 unspecified atom stereocenters. The molecule has 1 aromatic carbocycles. The van der Waals surface area contributed by atoms with Crippen LogP contribution in [0.15, 0.2) is 59.9 Å². The molecule has 1 amide bonds. The third kappa shape index (κ3) is 3.87. The molecular formula is C21H22N6O3. The van der Waals surface area contributed by atoms with Gasteiger partial charge >= 0.3 is 0 Å². The van der Waals surface area contributed by atoms with E-state index in [4.69, 9.17) is 5.11 Å². The van der Waals surface area contributed by atoms with Gasteiger partial charge in [0, 0.05) is 24.9 Å². The Labute approximate surface area is 173 Å². The lowest BCUT2D eigenvalue weighted by Crippen LogP contribution is -2.31. The summed E-state index contributed by atoms with van der Waals surface area (Å²) in [6.07, 6.45) is 2.68. The number of carbonyl (C=O) groups excluding carboxylic acids is 1. The van der Waals surface area contributed by atoms with Gasteiger partial charge in [-0.25, -0.2) is 9.67 Å². The number of hydrogen-bond donors (Lipinski definition) is 4. The van der Waals surface area contributed by atoms with Crippen LogP contribution in [0.3, 0.4) is 0 Å². The van der Waals surface area contributed by atoms with E-state index in [1.165, 1.54) is 0 Å².